The number of nitrogens with zero attached hydrogens (tertiary/aromatic N) is 2. The number of aromatic amines is 1. The number of hydrogen-bond acceptors (Lipinski definition) is 4. The topological polar surface area (TPSA) is 86.3 Å². The van der Waals surface area contributed by atoms with E-state index in [1.165, 1.54) is 6.20 Å². The maximum absolute atomic E-state index is 12.1. The summed E-state index contributed by atoms with van der Waals surface area (Å²) in [6.07, 6.45) is 5.17. The van der Waals surface area contributed by atoms with Crippen LogP contribution in [0.4, 0.5) is 0 Å². The molecule has 0 saturated carbocycles. The van der Waals surface area contributed by atoms with Gasteiger partial charge in [0.05, 0.1) is 18.8 Å². The summed E-state index contributed by atoms with van der Waals surface area (Å²) in [5, 5.41) is 9.23. The average Bonchev–Trinajstić information content (AvgIpc) is 2.39. The highest BCUT2D eigenvalue weighted by molar-refractivity contribution is 5.92. The molecule has 1 saturated heterocycles. The van der Waals surface area contributed by atoms with Gasteiger partial charge in [-0.2, -0.15) is 0 Å². The molecule has 1 aromatic heterocycles. The fraction of sp³-hybridized carbons (Fsp3) is 0.545. The minimum absolute atomic E-state index is 0.0326. The number of amides is 1. The van der Waals surface area contributed by atoms with Crippen LogP contribution in [-0.4, -0.2) is 45.1 Å². The molecular weight excluding hydrogens is 222 g/mol. The molecule has 1 amide bonds. The lowest BCUT2D eigenvalue weighted by atomic mass is 10.0. The van der Waals surface area contributed by atoms with E-state index >= 15 is 0 Å². The first-order chi connectivity index (χ1) is 8.22. The molecule has 1 aromatic rings. The number of carbonyl (C=O) groups is 1. The normalized spacial score (nSPS) is 20.3. The van der Waals surface area contributed by atoms with E-state index in [0.717, 1.165) is 25.5 Å². The third-order valence-corrected chi connectivity index (χ3v) is 2.99. The zero-order valence-electron chi connectivity index (χ0n) is 9.43. The molecule has 0 bridgehead atoms. The van der Waals surface area contributed by atoms with Gasteiger partial charge in [-0.05, 0) is 19.3 Å². The molecule has 92 valence electrons. The summed E-state index contributed by atoms with van der Waals surface area (Å²) >= 11 is 0. The number of aliphatic hydroxyl groups is 1. The second-order valence-electron chi connectivity index (χ2n) is 4.13. The number of rotatable bonds is 2. The Labute approximate surface area is 98.3 Å². The van der Waals surface area contributed by atoms with E-state index in [9.17, 15) is 14.7 Å². The summed E-state index contributed by atoms with van der Waals surface area (Å²) in [5.41, 5.74) is -0.121. The number of likely N-dealkylation sites (tertiary alicyclic amines) is 1. The van der Waals surface area contributed by atoms with E-state index in [0.29, 0.717) is 6.54 Å². The van der Waals surface area contributed by atoms with Crippen LogP contribution in [0.3, 0.4) is 0 Å². The number of aromatic nitrogens is 2. The number of nitrogens with one attached hydrogen (secondary N) is 1. The molecule has 0 aromatic carbocycles. The Morgan fingerprint density at radius 3 is 3.06 bits per heavy atom. The van der Waals surface area contributed by atoms with Gasteiger partial charge in [-0.3, -0.25) is 9.59 Å². The first kappa shape index (κ1) is 11.8. The average molecular weight is 237 g/mol. The van der Waals surface area contributed by atoms with E-state index < -0.39 is 0 Å². The van der Waals surface area contributed by atoms with Gasteiger partial charge in [-0.1, -0.05) is 0 Å². The highest BCUT2D eigenvalue weighted by Gasteiger charge is 2.27. The van der Waals surface area contributed by atoms with Crippen molar-refractivity contribution in [2.75, 3.05) is 13.2 Å². The quantitative estimate of drug-likeness (QED) is 0.743. The van der Waals surface area contributed by atoms with Crippen LogP contribution in [0.5, 0.6) is 0 Å². The summed E-state index contributed by atoms with van der Waals surface area (Å²) in [5.74, 6) is -0.236. The van der Waals surface area contributed by atoms with Crippen molar-refractivity contribution in [2.24, 2.45) is 0 Å². The molecule has 17 heavy (non-hydrogen) atoms. The van der Waals surface area contributed by atoms with Crippen molar-refractivity contribution in [1.29, 1.82) is 0 Å². The highest BCUT2D eigenvalue weighted by Crippen LogP contribution is 2.18. The molecule has 1 aliphatic rings. The molecule has 0 radical (unpaired) electrons. The molecule has 1 atom stereocenters. The molecule has 1 aliphatic heterocycles. The predicted molar refractivity (Wildman–Crippen MR) is 60.6 cm³/mol. The van der Waals surface area contributed by atoms with Crippen LogP contribution in [0, 0.1) is 0 Å². The van der Waals surface area contributed by atoms with Gasteiger partial charge < -0.3 is 15.0 Å². The number of H-pyrrole nitrogens is 1. The predicted octanol–water partition coefficient (Wildman–Crippen LogP) is -0.243. The van der Waals surface area contributed by atoms with Gasteiger partial charge in [0.15, 0.2) is 0 Å². The summed E-state index contributed by atoms with van der Waals surface area (Å²) in [7, 11) is 0. The molecule has 1 fully saturated rings. The molecule has 6 heteroatoms. The SMILES string of the molecule is O=C(c1c[nH]c(=O)cn1)N1CCCCC1CO. The molecule has 0 aliphatic carbocycles. The monoisotopic (exact) mass is 237 g/mol. The Morgan fingerprint density at radius 2 is 2.41 bits per heavy atom. The van der Waals surface area contributed by atoms with Crippen molar-refractivity contribution in [1.82, 2.24) is 14.9 Å². The van der Waals surface area contributed by atoms with Crippen molar-refractivity contribution in [3.8, 4) is 0 Å². The fourth-order valence-electron chi connectivity index (χ4n) is 2.06. The Balaban J connectivity index is 2.18. The highest BCUT2D eigenvalue weighted by atomic mass is 16.3. The third kappa shape index (κ3) is 2.52. The number of carbonyl (C=O) groups excluding carboxylic acids is 1. The van der Waals surface area contributed by atoms with E-state index in [-0.39, 0.29) is 29.8 Å². The van der Waals surface area contributed by atoms with E-state index in [1.807, 2.05) is 0 Å². The maximum atomic E-state index is 12.1. The molecule has 0 spiro atoms. The van der Waals surface area contributed by atoms with Gasteiger partial charge in [-0.15, -0.1) is 0 Å². The summed E-state index contributed by atoms with van der Waals surface area (Å²) in [6.45, 7) is 0.597. The second-order valence-corrected chi connectivity index (χ2v) is 4.13. The summed E-state index contributed by atoms with van der Waals surface area (Å²) < 4.78 is 0. The second kappa shape index (κ2) is 5.09. The number of piperidine rings is 1. The Morgan fingerprint density at radius 1 is 1.59 bits per heavy atom. The van der Waals surface area contributed by atoms with Crippen molar-refractivity contribution >= 4 is 5.91 Å². The van der Waals surface area contributed by atoms with Crippen molar-refractivity contribution in [2.45, 2.75) is 25.3 Å². The van der Waals surface area contributed by atoms with E-state index in [4.69, 9.17) is 0 Å². The molecule has 2 heterocycles. The fourth-order valence-corrected chi connectivity index (χ4v) is 2.06. The van der Waals surface area contributed by atoms with Crippen LogP contribution in [0.2, 0.25) is 0 Å². The molecular formula is C11H15N3O3. The van der Waals surface area contributed by atoms with Crippen LogP contribution in [0.25, 0.3) is 0 Å². The van der Waals surface area contributed by atoms with Gasteiger partial charge in [0.2, 0.25) is 0 Å². The maximum Gasteiger partial charge on any atom is 0.274 e. The molecule has 6 nitrogen and oxygen atoms in total. The van der Waals surface area contributed by atoms with Gasteiger partial charge in [0.25, 0.3) is 11.5 Å². The van der Waals surface area contributed by atoms with Crippen LogP contribution < -0.4 is 5.56 Å². The van der Waals surface area contributed by atoms with Gasteiger partial charge in [-0.25, -0.2) is 4.98 Å². The van der Waals surface area contributed by atoms with Crippen molar-refractivity contribution in [3.05, 3.63) is 28.4 Å². The first-order valence-electron chi connectivity index (χ1n) is 5.69. The molecule has 2 N–H and O–H groups in total. The van der Waals surface area contributed by atoms with E-state index in [1.54, 1.807) is 4.90 Å². The Bertz CT molecular complexity index is 437. The Kier molecular flexibility index (Phi) is 3.53. The molecule has 2 rings (SSSR count). The van der Waals surface area contributed by atoms with Crippen molar-refractivity contribution in [3.63, 3.8) is 0 Å². The first-order valence-corrected chi connectivity index (χ1v) is 5.69. The third-order valence-electron chi connectivity index (χ3n) is 2.99. The minimum Gasteiger partial charge on any atom is -0.394 e. The van der Waals surface area contributed by atoms with Crippen LogP contribution >= 0.6 is 0 Å². The largest absolute Gasteiger partial charge is 0.394 e. The van der Waals surface area contributed by atoms with Crippen LogP contribution in [0.1, 0.15) is 29.8 Å². The van der Waals surface area contributed by atoms with Crippen LogP contribution in [-0.2, 0) is 0 Å². The van der Waals surface area contributed by atoms with E-state index in [2.05, 4.69) is 9.97 Å². The minimum atomic E-state index is -0.334. The van der Waals surface area contributed by atoms with Gasteiger partial charge in [0.1, 0.15) is 5.69 Å². The standard InChI is InChI=1S/C11H15N3O3/c15-7-8-3-1-2-4-14(8)11(17)9-5-13-10(16)6-12-9/h5-6,8,15H,1-4,7H2,(H,13,16). The van der Waals surface area contributed by atoms with Crippen LogP contribution in [0.15, 0.2) is 17.2 Å². The number of hydrogen-bond donors (Lipinski definition) is 2. The zero-order valence-corrected chi connectivity index (χ0v) is 9.43. The summed E-state index contributed by atoms with van der Waals surface area (Å²) in [4.78, 5) is 30.8. The lowest BCUT2D eigenvalue weighted by molar-refractivity contribution is 0.0497. The van der Waals surface area contributed by atoms with Gasteiger partial charge >= 0.3 is 0 Å². The lowest BCUT2D eigenvalue weighted by Crippen LogP contribution is -2.46. The zero-order chi connectivity index (χ0) is 12.3. The van der Waals surface area contributed by atoms with Gasteiger partial charge in [0, 0.05) is 12.7 Å². The number of aliphatic hydroxyl groups excluding tert-OH is 1. The molecule has 1 unspecified atom stereocenters. The van der Waals surface area contributed by atoms with Crippen molar-refractivity contribution < 1.29 is 9.90 Å². The summed E-state index contributed by atoms with van der Waals surface area (Å²) in [6, 6.07) is -0.134. The Hall–Kier alpha value is -1.69. The smallest absolute Gasteiger partial charge is 0.274 e. The lowest BCUT2D eigenvalue weighted by Gasteiger charge is -2.34.